The molecule has 35 heavy (non-hydrogen) atoms. The molecule has 0 unspecified atom stereocenters. The lowest BCUT2D eigenvalue weighted by atomic mass is 10.1. The lowest BCUT2D eigenvalue weighted by Crippen LogP contribution is -2.22. The molecule has 3 heterocycles. The summed E-state index contributed by atoms with van der Waals surface area (Å²) in [5.41, 5.74) is 10.6. The van der Waals surface area contributed by atoms with Gasteiger partial charge in [-0.05, 0) is 35.9 Å². The van der Waals surface area contributed by atoms with Gasteiger partial charge in [-0.3, -0.25) is 4.57 Å². The summed E-state index contributed by atoms with van der Waals surface area (Å²) >= 11 is 1.63. The molecule has 0 spiro atoms. The second-order valence-electron chi connectivity index (χ2n) is 8.25. The topological polar surface area (TPSA) is 87.9 Å². The summed E-state index contributed by atoms with van der Waals surface area (Å²) in [5.74, 6) is 1.63. The highest BCUT2D eigenvalue weighted by Gasteiger charge is 2.20. The summed E-state index contributed by atoms with van der Waals surface area (Å²) in [4.78, 5) is 15.1. The highest BCUT2D eigenvalue weighted by atomic mass is 32.1. The third kappa shape index (κ3) is 3.88. The van der Waals surface area contributed by atoms with E-state index < -0.39 is 0 Å². The summed E-state index contributed by atoms with van der Waals surface area (Å²) in [6.07, 6.45) is 1.54. The molecule has 0 amide bonds. The molecular weight excluding hydrogens is 456 g/mol. The van der Waals surface area contributed by atoms with Crippen LogP contribution < -0.4 is 10.9 Å². The largest absolute Gasteiger partial charge is 0.508 e. The van der Waals surface area contributed by atoms with E-state index in [-0.39, 0.29) is 5.75 Å². The fraction of sp³-hybridized carbons (Fsp3) is 0.0741. The molecule has 6 rings (SSSR count). The van der Waals surface area contributed by atoms with Gasteiger partial charge in [0.05, 0.1) is 10.6 Å². The number of nitrogens with zero attached hydrogens (tertiary/aromatic N) is 4. The van der Waals surface area contributed by atoms with Gasteiger partial charge in [0.15, 0.2) is 22.8 Å². The summed E-state index contributed by atoms with van der Waals surface area (Å²) in [6, 6.07) is 24.2. The number of aromatic hydroxyl groups is 1. The van der Waals surface area contributed by atoms with Crippen LogP contribution in [0.2, 0.25) is 0 Å². The second kappa shape index (κ2) is 8.83. The highest BCUT2D eigenvalue weighted by molar-refractivity contribution is 7.13. The van der Waals surface area contributed by atoms with E-state index in [2.05, 4.69) is 61.8 Å². The first kappa shape index (κ1) is 21.3. The van der Waals surface area contributed by atoms with Crippen LogP contribution in [-0.4, -0.2) is 24.6 Å². The Morgan fingerprint density at radius 3 is 2.74 bits per heavy atom. The van der Waals surface area contributed by atoms with Gasteiger partial charge < -0.3 is 10.5 Å². The van der Waals surface area contributed by atoms with E-state index >= 15 is 0 Å². The summed E-state index contributed by atoms with van der Waals surface area (Å²) < 4.78 is 2.10. The predicted octanol–water partition coefficient (Wildman–Crippen LogP) is 5.83. The van der Waals surface area contributed by atoms with Gasteiger partial charge in [-0.2, -0.15) is 0 Å². The van der Waals surface area contributed by atoms with Gasteiger partial charge in [0.25, 0.3) is 0 Å². The molecule has 0 aliphatic rings. The zero-order chi connectivity index (χ0) is 23.8. The van der Waals surface area contributed by atoms with Crippen molar-refractivity contribution < 1.29 is 5.11 Å². The molecule has 0 atom stereocenters. The minimum absolute atomic E-state index is 0.248. The van der Waals surface area contributed by atoms with Gasteiger partial charge >= 0.3 is 0 Å². The number of benzene rings is 3. The minimum Gasteiger partial charge on any atom is -0.508 e. The van der Waals surface area contributed by atoms with E-state index in [1.165, 1.54) is 6.33 Å². The van der Waals surface area contributed by atoms with Crippen LogP contribution >= 0.6 is 11.3 Å². The SMILES string of the molecule is Cc1ccc(O)c(CNNc2ncnc3c2nc(-c2cccs2)n3-c2cccc3ccccc23)c1. The Hall–Kier alpha value is -4.27. The monoisotopic (exact) mass is 478 g/mol. The first-order chi connectivity index (χ1) is 17.2. The van der Waals surface area contributed by atoms with Crippen molar-refractivity contribution in [3.05, 3.63) is 95.6 Å². The smallest absolute Gasteiger partial charge is 0.171 e. The number of hydrazine groups is 1. The van der Waals surface area contributed by atoms with Gasteiger partial charge in [-0.25, -0.2) is 20.4 Å². The van der Waals surface area contributed by atoms with E-state index in [9.17, 15) is 5.11 Å². The van der Waals surface area contributed by atoms with Crippen molar-refractivity contribution in [3.8, 4) is 22.1 Å². The number of aryl methyl sites for hydroxylation is 1. The molecule has 0 radical (unpaired) electrons. The Kier molecular flexibility index (Phi) is 5.36. The molecule has 0 saturated heterocycles. The summed E-state index contributed by atoms with van der Waals surface area (Å²) in [5, 5.41) is 14.5. The van der Waals surface area contributed by atoms with E-state index in [0.29, 0.717) is 23.5 Å². The van der Waals surface area contributed by atoms with Crippen molar-refractivity contribution >= 4 is 39.1 Å². The number of hydrogen-bond donors (Lipinski definition) is 3. The number of fused-ring (bicyclic) bond motifs is 2. The van der Waals surface area contributed by atoms with Crippen LogP contribution in [0, 0.1) is 6.92 Å². The van der Waals surface area contributed by atoms with E-state index in [1.54, 1.807) is 17.4 Å². The van der Waals surface area contributed by atoms with Crippen LogP contribution in [0.4, 0.5) is 5.82 Å². The van der Waals surface area contributed by atoms with Crippen molar-refractivity contribution in [2.24, 2.45) is 0 Å². The molecule has 172 valence electrons. The van der Waals surface area contributed by atoms with Crippen LogP contribution in [0.1, 0.15) is 11.1 Å². The Balaban J connectivity index is 1.45. The van der Waals surface area contributed by atoms with Crippen molar-refractivity contribution in [2.45, 2.75) is 13.5 Å². The van der Waals surface area contributed by atoms with Crippen LogP contribution in [-0.2, 0) is 6.54 Å². The second-order valence-corrected chi connectivity index (χ2v) is 9.20. The van der Waals surface area contributed by atoms with E-state index in [4.69, 9.17) is 4.98 Å². The van der Waals surface area contributed by atoms with Crippen LogP contribution in [0.3, 0.4) is 0 Å². The number of nitrogens with one attached hydrogen (secondary N) is 2. The molecule has 0 fully saturated rings. The summed E-state index contributed by atoms with van der Waals surface area (Å²) in [6.45, 7) is 2.41. The fourth-order valence-corrected chi connectivity index (χ4v) is 4.97. The van der Waals surface area contributed by atoms with Gasteiger partial charge in [-0.1, -0.05) is 60.2 Å². The number of phenolic OH excluding ortho intramolecular Hbond substituents is 1. The number of hydrogen-bond acceptors (Lipinski definition) is 7. The van der Waals surface area contributed by atoms with Crippen LogP contribution in [0.15, 0.2) is 84.5 Å². The minimum atomic E-state index is 0.248. The maximum Gasteiger partial charge on any atom is 0.171 e. The zero-order valence-electron chi connectivity index (χ0n) is 18.9. The molecule has 0 saturated carbocycles. The van der Waals surface area contributed by atoms with E-state index in [1.807, 2.05) is 42.6 Å². The Morgan fingerprint density at radius 2 is 1.86 bits per heavy atom. The number of aromatic nitrogens is 4. The third-order valence-electron chi connectivity index (χ3n) is 5.91. The molecule has 3 aromatic heterocycles. The summed E-state index contributed by atoms with van der Waals surface area (Å²) in [7, 11) is 0. The molecule has 0 aliphatic carbocycles. The highest BCUT2D eigenvalue weighted by Crippen LogP contribution is 2.34. The van der Waals surface area contributed by atoms with Crippen LogP contribution in [0.5, 0.6) is 5.75 Å². The molecule has 6 aromatic rings. The Bertz CT molecular complexity index is 1650. The third-order valence-corrected chi connectivity index (χ3v) is 6.78. The molecule has 0 aliphatic heterocycles. The molecule has 7 nitrogen and oxygen atoms in total. The number of imidazole rings is 1. The van der Waals surface area contributed by atoms with Crippen molar-refractivity contribution in [1.82, 2.24) is 24.9 Å². The van der Waals surface area contributed by atoms with Crippen LogP contribution in [0.25, 0.3) is 38.3 Å². The lowest BCUT2D eigenvalue weighted by molar-refractivity contribution is 0.466. The molecular formula is C27H22N6OS. The Morgan fingerprint density at radius 1 is 0.971 bits per heavy atom. The molecule has 8 heteroatoms. The van der Waals surface area contributed by atoms with E-state index in [0.717, 1.165) is 38.3 Å². The van der Waals surface area contributed by atoms with Crippen molar-refractivity contribution in [3.63, 3.8) is 0 Å². The Labute approximate surface area is 205 Å². The van der Waals surface area contributed by atoms with Gasteiger partial charge in [-0.15, -0.1) is 11.3 Å². The standard InChI is InChI=1S/C27H22N6OS/c1-17-11-12-22(34)19(14-17)15-30-32-25-24-27(29-16-28-25)33(26(31-24)23-10-5-13-35-23)21-9-4-7-18-6-2-3-8-20(18)21/h2-14,16,30,34H,15H2,1H3,(H,28,29,32). The average molecular weight is 479 g/mol. The lowest BCUT2D eigenvalue weighted by Gasteiger charge is -2.12. The van der Waals surface area contributed by atoms with Gasteiger partial charge in [0.2, 0.25) is 0 Å². The number of anilines is 1. The first-order valence-electron chi connectivity index (χ1n) is 11.2. The molecule has 3 aromatic carbocycles. The quantitative estimate of drug-likeness (QED) is 0.261. The van der Waals surface area contributed by atoms with Crippen molar-refractivity contribution in [1.29, 1.82) is 0 Å². The predicted molar refractivity (Wildman–Crippen MR) is 141 cm³/mol. The van der Waals surface area contributed by atoms with Crippen molar-refractivity contribution in [2.75, 3.05) is 5.43 Å². The average Bonchev–Trinajstić information content (AvgIpc) is 3.54. The number of rotatable bonds is 6. The van der Waals surface area contributed by atoms with Gasteiger partial charge in [0.1, 0.15) is 12.1 Å². The first-order valence-corrected chi connectivity index (χ1v) is 12.1. The maximum atomic E-state index is 10.2. The molecule has 3 N–H and O–H groups in total. The fourth-order valence-electron chi connectivity index (χ4n) is 4.27. The van der Waals surface area contributed by atoms with Gasteiger partial charge in [0, 0.05) is 17.5 Å². The number of phenols is 1. The zero-order valence-corrected chi connectivity index (χ0v) is 19.8. The number of thiophene rings is 1. The molecule has 0 bridgehead atoms. The maximum absolute atomic E-state index is 10.2. The normalized spacial score (nSPS) is 11.3.